The van der Waals surface area contributed by atoms with Gasteiger partial charge in [-0.1, -0.05) is 0 Å². The summed E-state index contributed by atoms with van der Waals surface area (Å²) in [5.41, 5.74) is 0. The minimum atomic E-state index is -0.0856. The van der Waals surface area contributed by atoms with Crippen LogP contribution >= 0.6 is 0 Å². The number of carbonyl (C=O) groups is 1. The molecule has 0 bridgehead atoms. The average Bonchev–Trinajstić information content (AvgIpc) is 2.34. The van der Waals surface area contributed by atoms with Gasteiger partial charge in [0.1, 0.15) is 0 Å². The summed E-state index contributed by atoms with van der Waals surface area (Å²) in [5.74, 6) is -0.0116. The minimum absolute atomic E-state index is 0.0741. The number of hydrogen-bond acceptors (Lipinski definition) is 3. The fourth-order valence-electron chi connectivity index (χ4n) is 1.33. The summed E-state index contributed by atoms with van der Waals surface area (Å²) in [6.45, 7) is 2.94. The number of methoxy groups -OCH3 is 1. The second-order valence-corrected chi connectivity index (χ2v) is 2.66. The summed E-state index contributed by atoms with van der Waals surface area (Å²) in [7, 11) is 1.44. The fraction of sp³-hybridized carbons (Fsp3) is 0.857. The number of hydrogen-bond donors (Lipinski definition) is 1. The Bertz CT molecular complexity index is 136. The van der Waals surface area contributed by atoms with E-state index in [0.29, 0.717) is 0 Å². The zero-order valence-corrected chi connectivity index (χ0v) is 6.39. The first-order valence-corrected chi connectivity index (χ1v) is 3.57. The summed E-state index contributed by atoms with van der Waals surface area (Å²) in [6, 6.07) is 0.285. The van der Waals surface area contributed by atoms with Gasteiger partial charge in [0.25, 0.3) is 0 Å². The van der Waals surface area contributed by atoms with Crippen LogP contribution in [-0.2, 0) is 9.53 Å². The number of carbonyl (C=O) groups excluding carboxylic acids is 1. The van der Waals surface area contributed by atoms with Crippen LogP contribution in [-0.4, -0.2) is 25.7 Å². The van der Waals surface area contributed by atoms with Crippen molar-refractivity contribution >= 4 is 5.97 Å². The Morgan fingerprint density at radius 2 is 2.40 bits per heavy atom. The Labute approximate surface area is 60.7 Å². The third kappa shape index (κ3) is 1.29. The molecule has 58 valence electrons. The molecule has 0 aromatic rings. The van der Waals surface area contributed by atoms with Crippen LogP contribution in [0.3, 0.4) is 0 Å². The predicted octanol–water partition coefficient (Wildman–Crippen LogP) is 0.157. The van der Waals surface area contributed by atoms with Crippen LogP contribution < -0.4 is 5.32 Å². The molecule has 0 spiro atoms. The summed E-state index contributed by atoms with van der Waals surface area (Å²) >= 11 is 0. The smallest absolute Gasteiger partial charge is 0.310 e. The maximum atomic E-state index is 11.0. The molecule has 0 amide bonds. The highest BCUT2D eigenvalue weighted by atomic mass is 16.5. The molecule has 0 aliphatic carbocycles. The molecule has 1 N–H and O–H groups in total. The molecule has 0 aromatic carbocycles. The van der Waals surface area contributed by atoms with E-state index in [1.54, 1.807) is 0 Å². The predicted molar refractivity (Wildman–Crippen MR) is 37.6 cm³/mol. The van der Waals surface area contributed by atoms with E-state index in [-0.39, 0.29) is 17.9 Å². The van der Waals surface area contributed by atoms with Gasteiger partial charge in [0.15, 0.2) is 0 Å². The molecule has 3 heteroatoms. The number of rotatable bonds is 1. The zero-order valence-electron chi connectivity index (χ0n) is 6.39. The summed E-state index contributed by atoms with van der Waals surface area (Å²) in [4.78, 5) is 11.0. The minimum Gasteiger partial charge on any atom is -0.469 e. The van der Waals surface area contributed by atoms with Crippen LogP contribution in [0.15, 0.2) is 0 Å². The summed E-state index contributed by atoms with van der Waals surface area (Å²) in [6.07, 6.45) is 0.911. The lowest BCUT2D eigenvalue weighted by Crippen LogP contribution is -2.28. The van der Waals surface area contributed by atoms with Gasteiger partial charge in [0.2, 0.25) is 0 Å². The van der Waals surface area contributed by atoms with Crippen molar-refractivity contribution in [2.75, 3.05) is 13.7 Å². The molecule has 1 heterocycles. The monoisotopic (exact) mass is 143 g/mol. The molecule has 0 radical (unpaired) electrons. The molecule has 10 heavy (non-hydrogen) atoms. The molecule has 1 rings (SSSR count). The van der Waals surface area contributed by atoms with Gasteiger partial charge in [-0.2, -0.15) is 0 Å². The second kappa shape index (κ2) is 3.01. The highest BCUT2D eigenvalue weighted by Crippen LogP contribution is 2.15. The van der Waals surface area contributed by atoms with Crippen LogP contribution in [0.4, 0.5) is 0 Å². The molecule has 1 aliphatic rings. The van der Waals surface area contributed by atoms with Crippen molar-refractivity contribution in [1.29, 1.82) is 0 Å². The fourth-order valence-corrected chi connectivity index (χ4v) is 1.33. The van der Waals surface area contributed by atoms with Gasteiger partial charge in [0.05, 0.1) is 13.0 Å². The van der Waals surface area contributed by atoms with Crippen molar-refractivity contribution in [2.24, 2.45) is 5.92 Å². The molecular weight excluding hydrogens is 130 g/mol. The SMILES string of the molecule is COC(=O)[C@H]1CCN[C@H]1C. The van der Waals surface area contributed by atoms with Crippen molar-refractivity contribution < 1.29 is 9.53 Å². The van der Waals surface area contributed by atoms with Gasteiger partial charge in [-0.05, 0) is 19.9 Å². The second-order valence-electron chi connectivity index (χ2n) is 2.66. The van der Waals surface area contributed by atoms with E-state index in [4.69, 9.17) is 0 Å². The largest absolute Gasteiger partial charge is 0.469 e. The Morgan fingerprint density at radius 3 is 2.80 bits per heavy atom. The van der Waals surface area contributed by atoms with Gasteiger partial charge < -0.3 is 10.1 Å². The molecule has 1 saturated heterocycles. The molecule has 1 aliphatic heterocycles. The molecule has 0 saturated carbocycles. The molecule has 3 nitrogen and oxygen atoms in total. The highest BCUT2D eigenvalue weighted by molar-refractivity contribution is 5.73. The van der Waals surface area contributed by atoms with E-state index in [9.17, 15) is 4.79 Å². The van der Waals surface area contributed by atoms with Gasteiger partial charge >= 0.3 is 5.97 Å². The van der Waals surface area contributed by atoms with Gasteiger partial charge in [-0.3, -0.25) is 4.79 Å². The van der Waals surface area contributed by atoms with Crippen LogP contribution in [0.1, 0.15) is 13.3 Å². The lowest BCUT2D eigenvalue weighted by Gasteiger charge is -2.10. The summed E-state index contributed by atoms with van der Waals surface area (Å²) < 4.78 is 4.63. The highest BCUT2D eigenvalue weighted by Gasteiger charge is 2.29. The first-order valence-electron chi connectivity index (χ1n) is 3.57. The van der Waals surface area contributed by atoms with E-state index < -0.39 is 0 Å². The molecule has 0 aromatic heterocycles. The Morgan fingerprint density at radius 1 is 1.70 bits per heavy atom. The summed E-state index contributed by atoms with van der Waals surface area (Å²) in [5, 5.41) is 3.18. The van der Waals surface area contributed by atoms with Crippen molar-refractivity contribution in [3.8, 4) is 0 Å². The number of nitrogens with one attached hydrogen (secondary N) is 1. The molecular formula is C7H13NO2. The topological polar surface area (TPSA) is 38.3 Å². The van der Waals surface area contributed by atoms with Gasteiger partial charge in [-0.25, -0.2) is 0 Å². The maximum Gasteiger partial charge on any atom is 0.310 e. The first kappa shape index (κ1) is 7.54. The number of esters is 1. The van der Waals surface area contributed by atoms with Crippen LogP contribution in [0.5, 0.6) is 0 Å². The van der Waals surface area contributed by atoms with E-state index in [1.807, 2.05) is 6.92 Å². The number of ether oxygens (including phenoxy) is 1. The average molecular weight is 143 g/mol. The van der Waals surface area contributed by atoms with Crippen molar-refractivity contribution in [2.45, 2.75) is 19.4 Å². The van der Waals surface area contributed by atoms with E-state index in [2.05, 4.69) is 10.1 Å². The van der Waals surface area contributed by atoms with Gasteiger partial charge in [0, 0.05) is 6.04 Å². The van der Waals surface area contributed by atoms with E-state index >= 15 is 0 Å². The van der Waals surface area contributed by atoms with Crippen LogP contribution in [0, 0.1) is 5.92 Å². The normalized spacial score (nSPS) is 32.2. The first-order chi connectivity index (χ1) is 4.75. The van der Waals surface area contributed by atoms with Crippen molar-refractivity contribution in [3.05, 3.63) is 0 Å². The lowest BCUT2D eigenvalue weighted by molar-refractivity contribution is -0.145. The third-order valence-electron chi connectivity index (χ3n) is 2.03. The van der Waals surface area contributed by atoms with Crippen LogP contribution in [0.25, 0.3) is 0 Å². The Balaban J connectivity index is 2.46. The maximum absolute atomic E-state index is 11.0. The van der Waals surface area contributed by atoms with Crippen LogP contribution in [0.2, 0.25) is 0 Å². The Kier molecular flexibility index (Phi) is 2.27. The standard InChI is InChI=1S/C7H13NO2/c1-5-6(3-4-8-5)7(9)10-2/h5-6,8H,3-4H2,1-2H3/t5-,6-/m0/s1. The molecule has 2 atom stereocenters. The molecule has 0 unspecified atom stereocenters. The quantitative estimate of drug-likeness (QED) is 0.531. The van der Waals surface area contributed by atoms with E-state index in [0.717, 1.165) is 13.0 Å². The van der Waals surface area contributed by atoms with Gasteiger partial charge in [-0.15, -0.1) is 0 Å². The third-order valence-corrected chi connectivity index (χ3v) is 2.03. The van der Waals surface area contributed by atoms with Crippen molar-refractivity contribution in [1.82, 2.24) is 5.32 Å². The Hall–Kier alpha value is -0.570. The lowest BCUT2D eigenvalue weighted by atomic mass is 10.0. The van der Waals surface area contributed by atoms with Crippen molar-refractivity contribution in [3.63, 3.8) is 0 Å². The zero-order chi connectivity index (χ0) is 7.56. The van der Waals surface area contributed by atoms with E-state index in [1.165, 1.54) is 7.11 Å². The molecule has 1 fully saturated rings.